The molecule has 1 aliphatic heterocycles. The van der Waals surface area contributed by atoms with Crippen molar-refractivity contribution in [2.75, 3.05) is 24.6 Å². The summed E-state index contributed by atoms with van der Waals surface area (Å²) in [4.78, 5) is 9.02. The van der Waals surface area contributed by atoms with E-state index < -0.39 is 12.1 Å². The Morgan fingerprint density at radius 2 is 2.08 bits per heavy atom. The van der Waals surface area contributed by atoms with Gasteiger partial charge in [-0.2, -0.15) is 4.39 Å². The second kappa shape index (κ2) is 6.59. The van der Waals surface area contributed by atoms with Crippen molar-refractivity contribution in [2.45, 2.75) is 12.5 Å². The molecule has 7 heteroatoms. The predicted molar refractivity (Wildman–Crippen MR) is 96.6 cm³/mol. The van der Waals surface area contributed by atoms with Crippen LogP contribution in [0.25, 0.3) is 22.2 Å². The number of nitrogens with zero attached hydrogens (tertiary/aromatic N) is 2. The SMILES string of the molecule is OC[C@@H]1CCN(c2ccc(-c3cc4cc(O)ccc4[nH]3)c(F)n2)C[C@@H]1O. The highest BCUT2D eigenvalue weighted by atomic mass is 19.1. The zero-order valence-electron chi connectivity index (χ0n) is 14.1. The van der Waals surface area contributed by atoms with E-state index in [4.69, 9.17) is 0 Å². The van der Waals surface area contributed by atoms with Crippen LogP contribution in [0.15, 0.2) is 36.4 Å². The molecule has 0 saturated carbocycles. The van der Waals surface area contributed by atoms with Crippen LogP contribution in [0, 0.1) is 11.9 Å². The third-order valence-corrected chi connectivity index (χ3v) is 5.01. The average Bonchev–Trinajstić information content (AvgIpc) is 3.04. The van der Waals surface area contributed by atoms with Gasteiger partial charge in [0.2, 0.25) is 5.95 Å². The fraction of sp³-hybridized carbons (Fsp3) is 0.316. The van der Waals surface area contributed by atoms with Gasteiger partial charge in [0.05, 0.1) is 17.4 Å². The smallest absolute Gasteiger partial charge is 0.224 e. The summed E-state index contributed by atoms with van der Waals surface area (Å²) in [7, 11) is 0. The first-order valence-corrected chi connectivity index (χ1v) is 8.57. The normalized spacial score (nSPS) is 20.7. The van der Waals surface area contributed by atoms with Gasteiger partial charge in [0.1, 0.15) is 11.6 Å². The number of hydrogen-bond acceptors (Lipinski definition) is 5. The Morgan fingerprint density at radius 3 is 2.81 bits per heavy atom. The van der Waals surface area contributed by atoms with Crippen LogP contribution < -0.4 is 4.90 Å². The van der Waals surface area contributed by atoms with E-state index in [9.17, 15) is 19.7 Å². The lowest BCUT2D eigenvalue weighted by Gasteiger charge is -2.35. The number of aromatic hydroxyl groups is 1. The van der Waals surface area contributed by atoms with E-state index in [0.29, 0.717) is 36.6 Å². The Morgan fingerprint density at radius 1 is 1.23 bits per heavy atom. The maximum absolute atomic E-state index is 14.6. The van der Waals surface area contributed by atoms with E-state index in [1.165, 1.54) is 0 Å². The molecule has 0 aliphatic carbocycles. The molecule has 1 fully saturated rings. The van der Waals surface area contributed by atoms with Crippen LogP contribution in [0.3, 0.4) is 0 Å². The first-order valence-electron chi connectivity index (χ1n) is 8.57. The van der Waals surface area contributed by atoms with Crippen molar-refractivity contribution in [3.8, 4) is 17.0 Å². The number of fused-ring (bicyclic) bond motifs is 1. The molecular formula is C19H20FN3O3. The van der Waals surface area contributed by atoms with Crippen molar-refractivity contribution in [2.24, 2.45) is 5.92 Å². The second-order valence-electron chi connectivity index (χ2n) is 6.71. The largest absolute Gasteiger partial charge is 0.508 e. The molecule has 1 aliphatic rings. The van der Waals surface area contributed by atoms with E-state index >= 15 is 0 Å². The number of β-amino-alcohol motifs (C(OH)–C–C–N with tert-alkyl or cyclic N) is 1. The maximum Gasteiger partial charge on any atom is 0.224 e. The molecule has 26 heavy (non-hydrogen) atoms. The number of aliphatic hydroxyl groups excluding tert-OH is 2. The number of aromatic nitrogens is 2. The summed E-state index contributed by atoms with van der Waals surface area (Å²) < 4.78 is 14.6. The molecule has 0 unspecified atom stereocenters. The van der Waals surface area contributed by atoms with Crippen LogP contribution in [-0.4, -0.2) is 51.1 Å². The third kappa shape index (κ3) is 3.00. The van der Waals surface area contributed by atoms with Crippen molar-refractivity contribution in [1.29, 1.82) is 0 Å². The van der Waals surface area contributed by atoms with Gasteiger partial charge in [-0.3, -0.25) is 0 Å². The number of anilines is 1. The lowest BCUT2D eigenvalue weighted by molar-refractivity contribution is 0.0545. The van der Waals surface area contributed by atoms with Gasteiger partial charge in [-0.1, -0.05) is 0 Å². The summed E-state index contributed by atoms with van der Waals surface area (Å²) in [5.74, 6) is -0.118. The topological polar surface area (TPSA) is 92.6 Å². The van der Waals surface area contributed by atoms with E-state index in [0.717, 1.165) is 10.9 Å². The minimum Gasteiger partial charge on any atom is -0.508 e. The van der Waals surface area contributed by atoms with Gasteiger partial charge < -0.3 is 25.2 Å². The first-order chi connectivity index (χ1) is 12.5. The van der Waals surface area contributed by atoms with E-state index in [1.54, 1.807) is 36.4 Å². The van der Waals surface area contributed by atoms with E-state index in [1.807, 2.05) is 4.90 Å². The highest BCUT2D eigenvalue weighted by Crippen LogP contribution is 2.30. The van der Waals surface area contributed by atoms with Crippen LogP contribution in [0.4, 0.5) is 10.2 Å². The Balaban J connectivity index is 1.61. The summed E-state index contributed by atoms with van der Waals surface area (Å²) in [6.07, 6.45) is -0.0199. The Labute approximate surface area is 149 Å². The molecule has 1 saturated heterocycles. The summed E-state index contributed by atoms with van der Waals surface area (Å²) in [5.41, 5.74) is 1.73. The first kappa shape index (κ1) is 16.8. The molecule has 4 rings (SSSR count). The molecule has 0 spiro atoms. The molecule has 136 valence electrons. The zero-order chi connectivity index (χ0) is 18.3. The molecule has 1 aromatic carbocycles. The number of aromatic amines is 1. The minimum atomic E-state index is -0.653. The number of nitrogens with one attached hydrogen (secondary N) is 1. The van der Waals surface area contributed by atoms with Gasteiger partial charge in [-0.25, -0.2) is 4.98 Å². The quantitative estimate of drug-likeness (QED) is 0.540. The van der Waals surface area contributed by atoms with Crippen LogP contribution in [0.2, 0.25) is 0 Å². The lowest BCUT2D eigenvalue weighted by Crippen LogP contribution is -2.45. The van der Waals surface area contributed by atoms with Crippen molar-refractivity contribution >= 4 is 16.7 Å². The van der Waals surface area contributed by atoms with Crippen LogP contribution >= 0.6 is 0 Å². The summed E-state index contributed by atoms with van der Waals surface area (Å²) in [6, 6.07) is 10.1. The van der Waals surface area contributed by atoms with Gasteiger partial charge in [-0.05, 0) is 42.8 Å². The lowest BCUT2D eigenvalue weighted by atomic mass is 9.95. The number of benzene rings is 1. The highest BCUT2D eigenvalue weighted by Gasteiger charge is 2.28. The van der Waals surface area contributed by atoms with Gasteiger partial charge in [0.25, 0.3) is 0 Å². The van der Waals surface area contributed by atoms with Crippen LogP contribution in [0.1, 0.15) is 6.42 Å². The molecule has 2 atom stereocenters. The fourth-order valence-corrected chi connectivity index (χ4v) is 3.47. The molecule has 0 bridgehead atoms. The zero-order valence-corrected chi connectivity index (χ0v) is 14.1. The average molecular weight is 357 g/mol. The van der Waals surface area contributed by atoms with Crippen LogP contribution in [0.5, 0.6) is 5.75 Å². The van der Waals surface area contributed by atoms with Gasteiger partial charge in [0.15, 0.2) is 0 Å². The molecule has 2 aromatic heterocycles. The van der Waals surface area contributed by atoms with E-state index in [-0.39, 0.29) is 18.3 Å². The monoisotopic (exact) mass is 357 g/mol. The van der Waals surface area contributed by atoms with Gasteiger partial charge in [-0.15, -0.1) is 0 Å². The van der Waals surface area contributed by atoms with Crippen molar-refractivity contribution < 1.29 is 19.7 Å². The number of H-pyrrole nitrogens is 1. The Kier molecular flexibility index (Phi) is 4.26. The number of rotatable bonds is 3. The van der Waals surface area contributed by atoms with Crippen LogP contribution in [-0.2, 0) is 0 Å². The Hall–Kier alpha value is -2.64. The maximum atomic E-state index is 14.6. The van der Waals surface area contributed by atoms with Gasteiger partial charge >= 0.3 is 0 Å². The van der Waals surface area contributed by atoms with E-state index in [2.05, 4.69) is 9.97 Å². The molecule has 3 heterocycles. The number of phenolic OH excluding ortho intramolecular Hbond substituents is 1. The van der Waals surface area contributed by atoms with Crippen molar-refractivity contribution in [1.82, 2.24) is 9.97 Å². The molecule has 3 aromatic rings. The van der Waals surface area contributed by atoms with Gasteiger partial charge in [0, 0.05) is 36.5 Å². The second-order valence-corrected chi connectivity index (χ2v) is 6.71. The number of halogens is 1. The summed E-state index contributed by atoms with van der Waals surface area (Å²) >= 11 is 0. The molecular weight excluding hydrogens is 337 g/mol. The number of pyridine rings is 1. The number of hydrogen-bond donors (Lipinski definition) is 4. The molecule has 0 amide bonds. The van der Waals surface area contributed by atoms with Crippen molar-refractivity contribution in [3.63, 3.8) is 0 Å². The summed E-state index contributed by atoms with van der Waals surface area (Å²) in [5, 5.41) is 29.6. The van der Waals surface area contributed by atoms with Crippen molar-refractivity contribution in [3.05, 3.63) is 42.3 Å². The molecule has 0 radical (unpaired) electrons. The highest BCUT2D eigenvalue weighted by molar-refractivity contribution is 5.87. The predicted octanol–water partition coefficient (Wildman–Crippen LogP) is 2.25. The molecule has 4 N–H and O–H groups in total. The minimum absolute atomic E-state index is 0.0499. The molecule has 6 nitrogen and oxygen atoms in total. The third-order valence-electron chi connectivity index (χ3n) is 5.01. The number of phenols is 1. The Bertz CT molecular complexity index is 943. The number of aliphatic hydroxyl groups is 2. The fourth-order valence-electron chi connectivity index (χ4n) is 3.47. The standard InChI is InChI=1S/C19H20FN3O3/c20-19-14(16-8-12-7-13(25)1-3-15(12)21-16)2-4-18(22-19)23-6-5-11(10-24)17(26)9-23/h1-4,7-8,11,17,21,24-26H,5-6,9-10H2/t11-,17-/m0/s1. The summed E-state index contributed by atoms with van der Waals surface area (Å²) in [6.45, 7) is 0.883. The number of piperidine rings is 1.